The van der Waals surface area contributed by atoms with Crippen molar-refractivity contribution in [2.24, 2.45) is 0 Å². The fraction of sp³-hybridized carbons (Fsp3) is 0.240. The van der Waals surface area contributed by atoms with Gasteiger partial charge >= 0.3 is 0 Å². The minimum absolute atomic E-state index is 0.0702. The molecular formula is C25H24N2O. The van der Waals surface area contributed by atoms with E-state index < -0.39 is 0 Å². The van der Waals surface area contributed by atoms with E-state index in [1.54, 1.807) is 0 Å². The van der Waals surface area contributed by atoms with Crippen LogP contribution in [-0.4, -0.2) is 11.9 Å². The topological polar surface area (TPSA) is 41.1 Å². The van der Waals surface area contributed by atoms with Crippen molar-refractivity contribution in [3.05, 3.63) is 101 Å². The van der Waals surface area contributed by atoms with E-state index in [1.807, 2.05) is 42.5 Å². The van der Waals surface area contributed by atoms with E-state index in [4.69, 9.17) is 0 Å². The van der Waals surface area contributed by atoms with Crippen LogP contribution >= 0.6 is 0 Å². The number of anilines is 1. The van der Waals surface area contributed by atoms with E-state index in [9.17, 15) is 4.79 Å². The van der Waals surface area contributed by atoms with E-state index in [-0.39, 0.29) is 5.91 Å². The first-order valence-electron chi connectivity index (χ1n) is 10.1. The van der Waals surface area contributed by atoms with Gasteiger partial charge in [-0.25, -0.2) is 0 Å². The molecule has 0 bridgehead atoms. The summed E-state index contributed by atoms with van der Waals surface area (Å²) in [5.41, 5.74) is 5.84. The molecule has 2 N–H and O–H groups in total. The van der Waals surface area contributed by atoms with E-state index in [0.717, 1.165) is 5.69 Å². The van der Waals surface area contributed by atoms with Crippen molar-refractivity contribution in [3.63, 3.8) is 0 Å². The molecule has 5 rings (SSSR count). The molecule has 0 radical (unpaired) electrons. The first-order chi connectivity index (χ1) is 13.8. The van der Waals surface area contributed by atoms with Gasteiger partial charge in [0.15, 0.2) is 0 Å². The van der Waals surface area contributed by atoms with Crippen molar-refractivity contribution in [1.82, 2.24) is 5.32 Å². The Balaban J connectivity index is 1.19. The summed E-state index contributed by atoms with van der Waals surface area (Å²) < 4.78 is 0. The van der Waals surface area contributed by atoms with Crippen LogP contribution < -0.4 is 10.6 Å². The lowest BCUT2D eigenvalue weighted by atomic mass is 10.1. The van der Waals surface area contributed by atoms with Crippen LogP contribution in [0.3, 0.4) is 0 Å². The molecule has 0 aliphatic heterocycles. The third kappa shape index (κ3) is 3.46. The zero-order valence-corrected chi connectivity index (χ0v) is 15.8. The molecule has 3 nitrogen and oxygen atoms in total. The lowest BCUT2D eigenvalue weighted by Crippen LogP contribution is -2.22. The Morgan fingerprint density at radius 1 is 0.857 bits per heavy atom. The number of carbonyl (C=O) groups is 1. The summed E-state index contributed by atoms with van der Waals surface area (Å²) in [5, 5.41) is 6.83. The lowest BCUT2D eigenvalue weighted by molar-refractivity contribution is 0.102. The van der Waals surface area contributed by atoms with Gasteiger partial charge in [-0.15, -0.1) is 0 Å². The predicted molar refractivity (Wildman–Crippen MR) is 113 cm³/mol. The molecule has 28 heavy (non-hydrogen) atoms. The Bertz CT molecular complexity index is 981. The fourth-order valence-corrected chi connectivity index (χ4v) is 4.34. The summed E-state index contributed by atoms with van der Waals surface area (Å²) >= 11 is 0. The van der Waals surface area contributed by atoms with E-state index in [2.05, 4.69) is 47.0 Å². The largest absolute Gasteiger partial charge is 0.322 e. The van der Waals surface area contributed by atoms with Gasteiger partial charge in [-0.05, 0) is 60.2 Å². The van der Waals surface area contributed by atoms with Crippen LogP contribution in [0.15, 0.2) is 78.9 Å². The highest BCUT2D eigenvalue weighted by Gasteiger charge is 2.40. The number of nitrogens with one attached hydrogen (secondary N) is 2. The molecule has 3 heteroatoms. The van der Waals surface area contributed by atoms with Crippen LogP contribution in [0.1, 0.15) is 51.8 Å². The summed E-state index contributed by atoms with van der Waals surface area (Å²) in [6.45, 7) is 0. The number of rotatable bonds is 5. The van der Waals surface area contributed by atoms with Crippen molar-refractivity contribution in [3.8, 4) is 0 Å². The quantitative estimate of drug-likeness (QED) is 0.660. The fourth-order valence-electron chi connectivity index (χ4n) is 4.34. The minimum atomic E-state index is -0.0702. The summed E-state index contributed by atoms with van der Waals surface area (Å²) in [4.78, 5) is 12.3. The van der Waals surface area contributed by atoms with Crippen LogP contribution in [0.25, 0.3) is 0 Å². The average Bonchev–Trinajstić information content (AvgIpc) is 3.40. The van der Waals surface area contributed by atoms with Crippen molar-refractivity contribution >= 4 is 11.6 Å². The van der Waals surface area contributed by atoms with Gasteiger partial charge in [0.05, 0.1) is 0 Å². The van der Waals surface area contributed by atoms with E-state index in [0.29, 0.717) is 23.6 Å². The van der Waals surface area contributed by atoms with Gasteiger partial charge in [0, 0.05) is 29.3 Å². The van der Waals surface area contributed by atoms with Crippen molar-refractivity contribution in [1.29, 1.82) is 0 Å². The molecule has 140 valence electrons. The van der Waals surface area contributed by atoms with Crippen LogP contribution in [0.5, 0.6) is 0 Å². The van der Waals surface area contributed by atoms with E-state index in [1.165, 1.54) is 36.0 Å². The van der Waals surface area contributed by atoms with Gasteiger partial charge in [-0.3, -0.25) is 4.79 Å². The minimum Gasteiger partial charge on any atom is -0.322 e. The molecular weight excluding hydrogens is 344 g/mol. The average molecular weight is 368 g/mol. The third-order valence-corrected chi connectivity index (χ3v) is 5.97. The highest BCUT2D eigenvalue weighted by atomic mass is 16.1. The Hall–Kier alpha value is -2.91. The Labute approximate surface area is 165 Å². The molecule has 3 aromatic rings. The Morgan fingerprint density at radius 3 is 2.43 bits per heavy atom. The number of benzene rings is 3. The molecule has 1 amide bonds. The second kappa shape index (κ2) is 7.25. The smallest absolute Gasteiger partial charge is 0.255 e. The highest BCUT2D eigenvalue weighted by molar-refractivity contribution is 6.04. The number of aryl methyl sites for hydroxylation is 1. The summed E-state index contributed by atoms with van der Waals surface area (Å²) in [6, 6.07) is 27.5. The third-order valence-electron chi connectivity index (χ3n) is 5.97. The lowest BCUT2D eigenvalue weighted by Gasteiger charge is -2.14. The summed E-state index contributed by atoms with van der Waals surface area (Å²) in [5.74, 6) is 0.505. The SMILES string of the molecule is O=C(Nc1ccc([C@@H]2C[C@H]2NC2CCc3ccccc32)cc1)c1ccccc1. The number of amides is 1. The van der Waals surface area contributed by atoms with Gasteiger partial charge in [0.2, 0.25) is 0 Å². The summed E-state index contributed by atoms with van der Waals surface area (Å²) in [6.07, 6.45) is 3.57. The first-order valence-corrected chi connectivity index (χ1v) is 10.1. The molecule has 0 saturated heterocycles. The van der Waals surface area contributed by atoms with Crippen LogP contribution in [0, 0.1) is 0 Å². The highest BCUT2D eigenvalue weighted by Crippen LogP contribution is 2.44. The predicted octanol–water partition coefficient (Wildman–Crippen LogP) is 5.07. The number of fused-ring (bicyclic) bond motifs is 1. The molecule has 0 aromatic heterocycles. The standard InChI is InChI=1S/C25H24N2O/c28-25(19-7-2-1-3-8-19)26-20-13-10-18(11-14-20)22-16-24(22)27-23-15-12-17-6-4-5-9-21(17)23/h1-11,13-14,22-24,27H,12,15-16H2,(H,26,28)/t22-,23?,24+/m0/s1. The van der Waals surface area contributed by atoms with Crippen LogP contribution in [-0.2, 0) is 6.42 Å². The zero-order chi connectivity index (χ0) is 18.9. The normalized spacial score (nSPS) is 22.5. The van der Waals surface area contributed by atoms with Crippen molar-refractivity contribution < 1.29 is 4.79 Å². The number of hydrogen-bond acceptors (Lipinski definition) is 2. The molecule has 3 atom stereocenters. The zero-order valence-electron chi connectivity index (χ0n) is 15.8. The molecule has 2 aliphatic carbocycles. The molecule has 1 fully saturated rings. The van der Waals surface area contributed by atoms with Crippen LogP contribution in [0.2, 0.25) is 0 Å². The van der Waals surface area contributed by atoms with Gasteiger partial charge in [-0.2, -0.15) is 0 Å². The summed E-state index contributed by atoms with van der Waals surface area (Å²) in [7, 11) is 0. The molecule has 0 spiro atoms. The molecule has 0 heterocycles. The number of carbonyl (C=O) groups excluding carboxylic acids is 1. The van der Waals surface area contributed by atoms with Gasteiger partial charge in [-0.1, -0.05) is 54.6 Å². The van der Waals surface area contributed by atoms with Crippen LogP contribution in [0.4, 0.5) is 5.69 Å². The molecule has 2 aliphatic rings. The monoisotopic (exact) mass is 368 g/mol. The van der Waals surface area contributed by atoms with Gasteiger partial charge in [0.25, 0.3) is 5.91 Å². The van der Waals surface area contributed by atoms with Gasteiger partial charge in [0.1, 0.15) is 0 Å². The van der Waals surface area contributed by atoms with Crippen molar-refractivity contribution in [2.45, 2.75) is 37.3 Å². The maximum Gasteiger partial charge on any atom is 0.255 e. The Kier molecular flexibility index (Phi) is 4.46. The molecule has 3 aromatic carbocycles. The molecule has 1 saturated carbocycles. The first kappa shape index (κ1) is 17.2. The van der Waals surface area contributed by atoms with Crippen molar-refractivity contribution in [2.75, 3.05) is 5.32 Å². The Morgan fingerprint density at radius 2 is 1.61 bits per heavy atom. The number of hydrogen-bond donors (Lipinski definition) is 2. The second-order valence-corrected chi connectivity index (χ2v) is 7.85. The maximum atomic E-state index is 12.3. The van der Waals surface area contributed by atoms with E-state index >= 15 is 0 Å². The second-order valence-electron chi connectivity index (χ2n) is 7.85. The maximum absolute atomic E-state index is 12.3. The van der Waals surface area contributed by atoms with Gasteiger partial charge < -0.3 is 10.6 Å². The molecule has 1 unspecified atom stereocenters.